The Hall–Kier alpha value is -3.18. The van der Waals surface area contributed by atoms with E-state index in [-0.39, 0.29) is 5.43 Å². The second-order valence-electron chi connectivity index (χ2n) is 5.92. The van der Waals surface area contributed by atoms with Gasteiger partial charge in [0.1, 0.15) is 0 Å². The molecule has 0 fully saturated rings. The number of aromatic nitrogens is 4. The fraction of sp³-hybridized carbons (Fsp3) is 0.0500. The van der Waals surface area contributed by atoms with Crippen molar-refractivity contribution in [2.24, 2.45) is 0 Å². The summed E-state index contributed by atoms with van der Waals surface area (Å²) in [5.74, 6) is 0. The zero-order chi connectivity index (χ0) is 18.1. The standard InChI is InChI=1S/C20H15ClN4O/c1-14-3-2-4-17(13-14)24-12-10-19(26)20(23-24)18-9-11-22-25(18)16-7-5-15(21)6-8-16/h2-13H,1H3. The van der Waals surface area contributed by atoms with Gasteiger partial charge in [-0.2, -0.15) is 10.2 Å². The van der Waals surface area contributed by atoms with E-state index in [0.717, 1.165) is 16.9 Å². The van der Waals surface area contributed by atoms with Crippen LogP contribution in [0.2, 0.25) is 5.02 Å². The van der Waals surface area contributed by atoms with Gasteiger partial charge in [-0.3, -0.25) is 4.79 Å². The Labute approximate surface area is 155 Å². The third kappa shape index (κ3) is 3.05. The highest BCUT2D eigenvalue weighted by Gasteiger charge is 2.13. The molecule has 0 saturated carbocycles. The minimum absolute atomic E-state index is 0.162. The van der Waals surface area contributed by atoms with Gasteiger partial charge in [-0.05, 0) is 55.0 Å². The van der Waals surface area contributed by atoms with Gasteiger partial charge in [0.2, 0.25) is 5.43 Å². The van der Waals surface area contributed by atoms with E-state index >= 15 is 0 Å². The first-order valence-electron chi connectivity index (χ1n) is 8.09. The van der Waals surface area contributed by atoms with Gasteiger partial charge in [0.05, 0.1) is 23.3 Å². The maximum Gasteiger partial charge on any atom is 0.209 e. The Balaban J connectivity index is 1.85. The zero-order valence-electron chi connectivity index (χ0n) is 14.0. The first kappa shape index (κ1) is 16.3. The maximum absolute atomic E-state index is 12.5. The number of aryl methyl sites for hydroxylation is 1. The number of rotatable bonds is 3. The molecule has 2 heterocycles. The van der Waals surface area contributed by atoms with Gasteiger partial charge in [0.15, 0.2) is 5.69 Å². The topological polar surface area (TPSA) is 52.7 Å². The molecule has 2 aromatic carbocycles. The lowest BCUT2D eigenvalue weighted by molar-refractivity contribution is 0.822. The molecular weight excluding hydrogens is 348 g/mol. The maximum atomic E-state index is 12.5. The van der Waals surface area contributed by atoms with Crippen LogP contribution in [-0.4, -0.2) is 19.6 Å². The molecule has 128 valence electrons. The predicted molar refractivity (Wildman–Crippen MR) is 102 cm³/mol. The van der Waals surface area contributed by atoms with Crippen LogP contribution >= 0.6 is 11.6 Å². The minimum atomic E-state index is -0.162. The third-order valence-electron chi connectivity index (χ3n) is 4.03. The van der Waals surface area contributed by atoms with Crippen LogP contribution in [0.5, 0.6) is 0 Å². The largest absolute Gasteiger partial charge is 0.287 e. The second kappa shape index (κ2) is 6.61. The van der Waals surface area contributed by atoms with E-state index in [1.54, 1.807) is 40.0 Å². The van der Waals surface area contributed by atoms with Crippen molar-refractivity contribution in [1.82, 2.24) is 19.6 Å². The van der Waals surface area contributed by atoms with Crippen molar-refractivity contribution < 1.29 is 0 Å². The Kier molecular flexibility index (Phi) is 4.14. The van der Waals surface area contributed by atoms with Crippen LogP contribution in [0.1, 0.15) is 5.56 Å². The van der Waals surface area contributed by atoms with Crippen LogP contribution in [-0.2, 0) is 0 Å². The monoisotopic (exact) mass is 362 g/mol. The van der Waals surface area contributed by atoms with Crippen molar-refractivity contribution in [2.45, 2.75) is 6.92 Å². The molecule has 0 N–H and O–H groups in total. The van der Waals surface area contributed by atoms with Gasteiger partial charge in [0.25, 0.3) is 0 Å². The third-order valence-corrected chi connectivity index (χ3v) is 4.28. The van der Waals surface area contributed by atoms with Crippen molar-refractivity contribution >= 4 is 11.6 Å². The van der Waals surface area contributed by atoms with Gasteiger partial charge < -0.3 is 0 Å². The summed E-state index contributed by atoms with van der Waals surface area (Å²) in [4.78, 5) is 12.5. The van der Waals surface area contributed by atoms with Gasteiger partial charge in [-0.25, -0.2) is 9.36 Å². The Morgan fingerprint density at radius 2 is 1.77 bits per heavy atom. The van der Waals surface area contributed by atoms with Crippen molar-refractivity contribution in [3.8, 4) is 22.8 Å². The quantitative estimate of drug-likeness (QED) is 0.552. The summed E-state index contributed by atoms with van der Waals surface area (Å²) >= 11 is 5.96. The number of nitrogens with zero attached hydrogens (tertiary/aromatic N) is 4. The van der Waals surface area contributed by atoms with Gasteiger partial charge >= 0.3 is 0 Å². The van der Waals surface area contributed by atoms with Crippen LogP contribution in [0.3, 0.4) is 0 Å². The average Bonchev–Trinajstić information content (AvgIpc) is 3.12. The summed E-state index contributed by atoms with van der Waals surface area (Å²) in [5, 5.41) is 9.52. The van der Waals surface area contributed by atoms with Gasteiger partial charge in [0, 0.05) is 17.3 Å². The minimum Gasteiger partial charge on any atom is -0.287 e. The van der Waals surface area contributed by atoms with E-state index in [0.29, 0.717) is 16.4 Å². The molecule has 0 aliphatic heterocycles. The molecule has 0 aliphatic carbocycles. The number of halogens is 1. The Morgan fingerprint density at radius 1 is 0.962 bits per heavy atom. The fourth-order valence-corrected chi connectivity index (χ4v) is 2.90. The normalized spacial score (nSPS) is 10.8. The molecule has 0 aliphatic rings. The first-order valence-corrected chi connectivity index (χ1v) is 8.47. The second-order valence-corrected chi connectivity index (χ2v) is 6.35. The molecule has 0 atom stereocenters. The SMILES string of the molecule is Cc1cccc(-n2ccc(=O)c(-c3ccnn3-c3ccc(Cl)cc3)n2)c1. The predicted octanol–water partition coefficient (Wildman–Crippen LogP) is 4.05. The van der Waals surface area contributed by atoms with E-state index in [1.807, 2.05) is 43.3 Å². The highest BCUT2D eigenvalue weighted by molar-refractivity contribution is 6.30. The zero-order valence-corrected chi connectivity index (χ0v) is 14.8. The lowest BCUT2D eigenvalue weighted by atomic mass is 10.2. The van der Waals surface area contributed by atoms with Crippen LogP contribution in [0, 0.1) is 6.92 Å². The van der Waals surface area contributed by atoms with Crippen molar-refractivity contribution in [1.29, 1.82) is 0 Å². The molecule has 0 unspecified atom stereocenters. The first-order chi connectivity index (χ1) is 12.6. The lowest BCUT2D eigenvalue weighted by Gasteiger charge is -2.10. The highest BCUT2D eigenvalue weighted by atomic mass is 35.5. The number of hydrogen-bond acceptors (Lipinski definition) is 3. The summed E-state index contributed by atoms with van der Waals surface area (Å²) < 4.78 is 3.38. The summed E-state index contributed by atoms with van der Waals surface area (Å²) in [7, 11) is 0. The van der Waals surface area contributed by atoms with Gasteiger partial charge in [-0.15, -0.1) is 0 Å². The smallest absolute Gasteiger partial charge is 0.209 e. The highest BCUT2D eigenvalue weighted by Crippen LogP contribution is 2.20. The molecule has 0 saturated heterocycles. The van der Waals surface area contributed by atoms with Gasteiger partial charge in [-0.1, -0.05) is 23.7 Å². The van der Waals surface area contributed by atoms with Crippen LogP contribution < -0.4 is 5.43 Å². The summed E-state index contributed by atoms with van der Waals surface area (Å²) in [6, 6.07) is 18.5. The van der Waals surface area contributed by atoms with Crippen molar-refractivity contribution in [2.75, 3.05) is 0 Å². The van der Waals surface area contributed by atoms with E-state index in [1.165, 1.54) is 6.07 Å². The average molecular weight is 363 g/mol. The Bertz CT molecular complexity index is 1130. The lowest BCUT2D eigenvalue weighted by Crippen LogP contribution is -2.14. The molecule has 0 amide bonds. The van der Waals surface area contributed by atoms with E-state index in [4.69, 9.17) is 11.6 Å². The fourth-order valence-electron chi connectivity index (χ4n) is 2.77. The van der Waals surface area contributed by atoms with Crippen molar-refractivity contribution in [3.63, 3.8) is 0 Å². The molecule has 4 aromatic rings. The molecule has 0 radical (unpaired) electrons. The van der Waals surface area contributed by atoms with E-state index < -0.39 is 0 Å². The molecule has 0 bridgehead atoms. The van der Waals surface area contributed by atoms with Crippen LogP contribution in [0.15, 0.2) is 77.9 Å². The number of hydrogen-bond donors (Lipinski definition) is 0. The summed E-state index contributed by atoms with van der Waals surface area (Å²) in [5.41, 5.74) is 3.62. The molecule has 26 heavy (non-hydrogen) atoms. The Morgan fingerprint density at radius 3 is 2.54 bits per heavy atom. The van der Waals surface area contributed by atoms with E-state index in [9.17, 15) is 4.79 Å². The molecule has 2 aromatic heterocycles. The molecule has 6 heteroatoms. The summed E-state index contributed by atoms with van der Waals surface area (Å²) in [6.07, 6.45) is 3.32. The van der Waals surface area contributed by atoms with Crippen LogP contribution in [0.25, 0.3) is 22.8 Å². The molecule has 0 spiro atoms. The molecule has 5 nitrogen and oxygen atoms in total. The van der Waals surface area contributed by atoms with Crippen molar-refractivity contribution in [3.05, 3.63) is 93.9 Å². The molecular formula is C20H15ClN4O. The van der Waals surface area contributed by atoms with Crippen LogP contribution in [0.4, 0.5) is 0 Å². The van der Waals surface area contributed by atoms with E-state index in [2.05, 4.69) is 10.2 Å². The molecule has 4 rings (SSSR count). The number of benzene rings is 2. The summed E-state index contributed by atoms with van der Waals surface area (Å²) in [6.45, 7) is 2.02.